The highest BCUT2D eigenvalue weighted by atomic mass is 14.1. The summed E-state index contributed by atoms with van der Waals surface area (Å²) < 4.78 is 0. The molecule has 0 aromatic heterocycles. The maximum Gasteiger partial charge on any atom is -0.0102 e. The van der Waals surface area contributed by atoms with Crippen LogP contribution in [0, 0.1) is 6.92 Å². The van der Waals surface area contributed by atoms with Crippen LogP contribution in [0.4, 0.5) is 0 Å². The van der Waals surface area contributed by atoms with Crippen molar-refractivity contribution < 1.29 is 0 Å². The molecule has 0 saturated heterocycles. The lowest BCUT2D eigenvalue weighted by atomic mass is 9.89. The Bertz CT molecular complexity index is 995. The van der Waals surface area contributed by atoms with E-state index in [4.69, 9.17) is 0 Å². The van der Waals surface area contributed by atoms with Gasteiger partial charge in [0.05, 0.1) is 0 Å². The van der Waals surface area contributed by atoms with Crippen molar-refractivity contribution in [3.8, 4) is 11.1 Å². The van der Waals surface area contributed by atoms with E-state index >= 15 is 0 Å². The molecular formula is C23H20. The third kappa shape index (κ3) is 2.22. The predicted molar refractivity (Wildman–Crippen MR) is 101 cm³/mol. The monoisotopic (exact) mass is 296 g/mol. The summed E-state index contributed by atoms with van der Waals surface area (Å²) in [7, 11) is 0. The minimum Gasteiger partial charge on any atom is -0.0622 e. The normalized spacial score (nSPS) is 11.2. The Morgan fingerprint density at radius 1 is 0.609 bits per heavy atom. The average molecular weight is 296 g/mol. The molecule has 0 aliphatic rings. The summed E-state index contributed by atoms with van der Waals surface area (Å²) in [6.45, 7) is 4.52. The summed E-state index contributed by atoms with van der Waals surface area (Å²) in [6.07, 6.45) is 1.06. The lowest BCUT2D eigenvalue weighted by Gasteiger charge is -2.15. The predicted octanol–water partition coefficient (Wildman–Crippen LogP) is 6.53. The molecule has 0 atom stereocenters. The van der Waals surface area contributed by atoms with Crippen molar-refractivity contribution in [1.82, 2.24) is 0 Å². The fourth-order valence-corrected chi connectivity index (χ4v) is 3.70. The van der Waals surface area contributed by atoms with E-state index in [0.717, 1.165) is 6.42 Å². The van der Waals surface area contributed by atoms with Gasteiger partial charge >= 0.3 is 0 Å². The summed E-state index contributed by atoms with van der Waals surface area (Å²) >= 11 is 0. The van der Waals surface area contributed by atoms with Crippen LogP contribution in [-0.2, 0) is 6.42 Å². The third-order valence-corrected chi connectivity index (χ3v) is 4.88. The van der Waals surface area contributed by atoms with E-state index in [-0.39, 0.29) is 0 Å². The summed E-state index contributed by atoms with van der Waals surface area (Å²) in [5, 5.41) is 5.49. The van der Waals surface area contributed by atoms with E-state index in [1.54, 1.807) is 0 Å². The van der Waals surface area contributed by atoms with Crippen LogP contribution in [-0.4, -0.2) is 0 Å². The molecule has 0 aliphatic heterocycles. The van der Waals surface area contributed by atoms with Crippen molar-refractivity contribution in [2.45, 2.75) is 20.3 Å². The van der Waals surface area contributed by atoms with Gasteiger partial charge in [-0.1, -0.05) is 73.7 Å². The first-order valence-corrected chi connectivity index (χ1v) is 8.29. The quantitative estimate of drug-likeness (QED) is 0.369. The fourth-order valence-electron chi connectivity index (χ4n) is 3.70. The number of benzene rings is 4. The molecule has 0 heterocycles. The van der Waals surface area contributed by atoms with Crippen molar-refractivity contribution in [2.75, 3.05) is 0 Å². The van der Waals surface area contributed by atoms with Crippen LogP contribution in [0.25, 0.3) is 32.7 Å². The molecule has 0 bridgehead atoms. The van der Waals surface area contributed by atoms with Crippen molar-refractivity contribution in [1.29, 1.82) is 0 Å². The van der Waals surface area contributed by atoms with E-state index in [2.05, 4.69) is 86.6 Å². The molecule has 4 rings (SSSR count). The molecule has 0 amide bonds. The Hall–Kier alpha value is -2.60. The first kappa shape index (κ1) is 14.0. The van der Waals surface area contributed by atoms with Gasteiger partial charge in [-0.3, -0.25) is 0 Å². The zero-order valence-electron chi connectivity index (χ0n) is 13.6. The number of hydrogen-bond acceptors (Lipinski definition) is 0. The first-order valence-electron chi connectivity index (χ1n) is 8.29. The molecule has 112 valence electrons. The maximum absolute atomic E-state index is 2.36. The summed E-state index contributed by atoms with van der Waals surface area (Å²) in [4.78, 5) is 0. The van der Waals surface area contributed by atoms with E-state index in [1.807, 2.05) is 0 Å². The van der Waals surface area contributed by atoms with Gasteiger partial charge in [-0.25, -0.2) is 0 Å². The molecule has 0 unspecified atom stereocenters. The lowest BCUT2D eigenvalue weighted by molar-refractivity contribution is 1.14. The number of hydrogen-bond donors (Lipinski definition) is 0. The molecule has 0 N–H and O–H groups in total. The molecule has 0 heteroatoms. The van der Waals surface area contributed by atoms with Crippen molar-refractivity contribution in [3.63, 3.8) is 0 Å². The van der Waals surface area contributed by atoms with Crippen LogP contribution in [0.3, 0.4) is 0 Å². The molecular weight excluding hydrogens is 276 g/mol. The Morgan fingerprint density at radius 3 is 2.00 bits per heavy atom. The molecule has 0 saturated carbocycles. The van der Waals surface area contributed by atoms with Gasteiger partial charge in [0.1, 0.15) is 0 Å². The Morgan fingerprint density at radius 2 is 1.26 bits per heavy atom. The van der Waals surface area contributed by atoms with Gasteiger partial charge in [0, 0.05) is 0 Å². The summed E-state index contributed by atoms with van der Waals surface area (Å²) in [5.41, 5.74) is 5.46. The molecule has 0 radical (unpaired) electrons. The van der Waals surface area contributed by atoms with Gasteiger partial charge in [0.15, 0.2) is 0 Å². The standard InChI is InChI=1S/C23H20/c1-3-19-16(2)20-11-7-8-12-21(20)22-14-13-18(15-23(19)22)17-9-5-4-6-10-17/h4-15H,3H2,1-2H3. The topological polar surface area (TPSA) is 0 Å². The van der Waals surface area contributed by atoms with Gasteiger partial charge in [-0.15, -0.1) is 0 Å². The zero-order valence-corrected chi connectivity index (χ0v) is 13.6. The number of aryl methyl sites for hydroxylation is 2. The maximum atomic E-state index is 2.36. The molecule has 4 aromatic carbocycles. The fraction of sp³-hybridized carbons (Fsp3) is 0.130. The zero-order chi connectivity index (χ0) is 15.8. The highest BCUT2D eigenvalue weighted by molar-refractivity contribution is 6.11. The summed E-state index contributed by atoms with van der Waals surface area (Å²) in [6, 6.07) is 26.3. The van der Waals surface area contributed by atoms with E-state index < -0.39 is 0 Å². The first-order chi connectivity index (χ1) is 11.3. The van der Waals surface area contributed by atoms with E-state index in [0.29, 0.717) is 0 Å². The van der Waals surface area contributed by atoms with Crippen LogP contribution < -0.4 is 0 Å². The van der Waals surface area contributed by atoms with E-state index in [1.165, 1.54) is 43.8 Å². The molecule has 0 nitrogen and oxygen atoms in total. The van der Waals surface area contributed by atoms with Gasteiger partial charge in [-0.05, 0) is 63.2 Å². The lowest BCUT2D eigenvalue weighted by Crippen LogP contribution is -1.93. The minimum absolute atomic E-state index is 1.06. The molecule has 0 aliphatic carbocycles. The van der Waals surface area contributed by atoms with Gasteiger partial charge in [0.25, 0.3) is 0 Å². The van der Waals surface area contributed by atoms with Crippen LogP contribution in [0.5, 0.6) is 0 Å². The molecule has 4 aromatic rings. The molecule has 0 spiro atoms. The van der Waals surface area contributed by atoms with E-state index in [9.17, 15) is 0 Å². The Labute approximate surface area is 137 Å². The van der Waals surface area contributed by atoms with Gasteiger partial charge in [0.2, 0.25) is 0 Å². The number of rotatable bonds is 2. The van der Waals surface area contributed by atoms with Crippen LogP contribution >= 0.6 is 0 Å². The average Bonchev–Trinajstić information content (AvgIpc) is 2.63. The van der Waals surface area contributed by atoms with Gasteiger partial charge in [-0.2, -0.15) is 0 Å². The highest BCUT2D eigenvalue weighted by Gasteiger charge is 2.11. The molecule has 23 heavy (non-hydrogen) atoms. The SMILES string of the molecule is CCc1c(C)c2ccccc2c2ccc(-c3ccccc3)cc12. The third-order valence-electron chi connectivity index (χ3n) is 4.88. The number of fused-ring (bicyclic) bond motifs is 3. The second-order valence-electron chi connectivity index (χ2n) is 6.13. The second-order valence-corrected chi connectivity index (χ2v) is 6.13. The minimum atomic E-state index is 1.06. The second kappa shape index (κ2) is 5.55. The van der Waals surface area contributed by atoms with Gasteiger partial charge < -0.3 is 0 Å². The van der Waals surface area contributed by atoms with Crippen LogP contribution in [0.2, 0.25) is 0 Å². The highest BCUT2D eigenvalue weighted by Crippen LogP contribution is 2.35. The van der Waals surface area contributed by atoms with Crippen molar-refractivity contribution >= 4 is 21.5 Å². The largest absolute Gasteiger partial charge is 0.0622 e. The van der Waals surface area contributed by atoms with Crippen molar-refractivity contribution in [2.24, 2.45) is 0 Å². The Balaban J connectivity index is 2.10. The van der Waals surface area contributed by atoms with Crippen LogP contribution in [0.1, 0.15) is 18.1 Å². The smallest absolute Gasteiger partial charge is 0.0102 e. The molecule has 0 fully saturated rings. The summed E-state index contributed by atoms with van der Waals surface area (Å²) in [5.74, 6) is 0. The Kier molecular flexibility index (Phi) is 3.38. The van der Waals surface area contributed by atoms with Crippen molar-refractivity contribution in [3.05, 3.63) is 83.9 Å². The van der Waals surface area contributed by atoms with Crippen LogP contribution in [0.15, 0.2) is 72.8 Å².